The maximum absolute atomic E-state index is 9.35. The average Bonchev–Trinajstić information content (AvgIpc) is 2.81. The normalized spacial score (nSPS) is 9.87. The van der Waals surface area contributed by atoms with Gasteiger partial charge >= 0.3 is 5.82 Å². The van der Waals surface area contributed by atoms with Crippen molar-refractivity contribution in [2.24, 2.45) is 0 Å². The number of hydrogen-bond donors (Lipinski definition) is 1. The number of hydrogen-bond acceptors (Lipinski definition) is 9. The van der Waals surface area contributed by atoms with Crippen LogP contribution < -0.4 is 5.73 Å². The Bertz CT molecular complexity index is 1700. The van der Waals surface area contributed by atoms with Gasteiger partial charge in [-0.05, 0) is 0 Å². The summed E-state index contributed by atoms with van der Waals surface area (Å²) >= 11 is 0. The van der Waals surface area contributed by atoms with Gasteiger partial charge in [0.15, 0.2) is 28.1 Å². The molecule has 1 aromatic carbocycles. The number of aromatic nitrogens is 5. The fourth-order valence-corrected chi connectivity index (χ4v) is 3.02. The zero-order valence-corrected chi connectivity index (χ0v) is 15.0. The highest BCUT2D eigenvalue weighted by molar-refractivity contribution is 6.25. The smallest absolute Gasteiger partial charge is 0.307 e. The molecular formula is C19H2N12. The molecule has 4 aromatic rings. The van der Waals surface area contributed by atoms with Gasteiger partial charge in [-0.25, -0.2) is 19.8 Å². The summed E-state index contributed by atoms with van der Waals surface area (Å²) < 4.78 is 0. The van der Waals surface area contributed by atoms with Gasteiger partial charge in [-0.3, -0.25) is 0 Å². The van der Waals surface area contributed by atoms with Gasteiger partial charge in [0, 0.05) is 5.69 Å². The van der Waals surface area contributed by atoms with Crippen LogP contribution in [0.4, 0.5) is 23.0 Å². The van der Waals surface area contributed by atoms with Crippen LogP contribution >= 0.6 is 0 Å². The highest BCUT2D eigenvalue weighted by Crippen LogP contribution is 2.43. The van der Waals surface area contributed by atoms with Gasteiger partial charge in [0.1, 0.15) is 34.8 Å². The van der Waals surface area contributed by atoms with Gasteiger partial charge < -0.3 is 15.4 Å². The lowest BCUT2D eigenvalue weighted by atomic mass is 10.1. The van der Waals surface area contributed by atoms with Crippen LogP contribution in [0.5, 0.6) is 0 Å². The first-order chi connectivity index (χ1) is 15.0. The molecule has 0 radical (unpaired) electrons. The summed E-state index contributed by atoms with van der Waals surface area (Å²) in [6, 6.07) is 5.30. The van der Waals surface area contributed by atoms with E-state index in [0.29, 0.717) is 0 Å². The van der Waals surface area contributed by atoms with E-state index in [1.54, 1.807) is 18.2 Å². The fourth-order valence-electron chi connectivity index (χ4n) is 3.02. The van der Waals surface area contributed by atoms with Gasteiger partial charge in [0.25, 0.3) is 5.82 Å². The summed E-state index contributed by atoms with van der Waals surface area (Å²) in [7, 11) is 0. The van der Waals surface area contributed by atoms with Crippen LogP contribution in [0.15, 0.2) is 0 Å². The molecule has 0 atom stereocenters. The molecule has 0 aliphatic heterocycles. The number of nitrogens with two attached hydrogens (primary N) is 1. The largest absolute Gasteiger partial charge is 0.408 e. The van der Waals surface area contributed by atoms with E-state index in [4.69, 9.17) is 25.5 Å². The number of fused-ring (bicyclic) bond motifs is 6. The van der Waals surface area contributed by atoms with Crippen molar-refractivity contribution >= 4 is 56.0 Å². The Labute approximate surface area is 172 Å². The molecule has 0 bridgehead atoms. The Balaban J connectivity index is 2.47. The maximum Gasteiger partial charge on any atom is 0.307 e. The second-order valence-electron chi connectivity index (χ2n) is 5.80. The highest BCUT2D eigenvalue weighted by Gasteiger charge is 2.27. The van der Waals surface area contributed by atoms with Gasteiger partial charge in [-0.2, -0.15) is 15.8 Å². The highest BCUT2D eigenvalue weighted by atomic mass is 15.0. The fraction of sp³-hybridized carbons (Fsp3) is 0. The first-order valence-corrected chi connectivity index (χ1v) is 8.04. The SMILES string of the molecule is [C-]#[N+]c1nc2c(nc1C#N)c1nc(C#N)c(C#N)nc1c1nc([N+]#[C-])c([N+]#[C-])c(N)c21. The zero-order chi connectivity index (χ0) is 22.3. The van der Waals surface area contributed by atoms with E-state index in [-0.39, 0.29) is 73.1 Å². The van der Waals surface area contributed by atoms with E-state index >= 15 is 0 Å². The molecule has 0 aliphatic rings. The van der Waals surface area contributed by atoms with E-state index in [1.807, 2.05) is 0 Å². The number of pyridine rings is 1. The molecule has 0 aliphatic carbocycles. The summed E-state index contributed by atoms with van der Waals surface area (Å²) in [5.74, 6) is -0.604. The third-order valence-electron chi connectivity index (χ3n) is 4.29. The van der Waals surface area contributed by atoms with E-state index in [2.05, 4.69) is 39.5 Å². The van der Waals surface area contributed by atoms with Crippen LogP contribution in [0.3, 0.4) is 0 Å². The molecule has 0 unspecified atom stereocenters. The van der Waals surface area contributed by atoms with E-state index < -0.39 is 0 Å². The lowest BCUT2D eigenvalue weighted by molar-refractivity contribution is 1.19. The molecule has 12 nitrogen and oxygen atoms in total. The second kappa shape index (κ2) is 6.59. The minimum absolute atomic E-state index is 0.00169. The van der Waals surface area contributed by atoms with Crippen molar-refractivity contribution in [3.63, 3.8) is 0 Å². The Kier molecular flexibility index (Phi) is 3.91. The molecule has 2 N–H and O–H groups in total. The first kappa shape index (κ1) is 18.4. The summed E-state index contributed by atoms with van der Waals surface area (Å²) in [5.41, 5.74) is 4.90. The van der Waals surface area contributed by atoms with Crippen LogP contribution in [0.25, 0.3) is 47.5 Å². The summed E-state index contributed by atoms with van der Waals surface area (Å²) in [6.45, 7) is 22.0. The standard InChI is InChI=1S/C19H2N12/c1-24-14-11(23)10-12-16(29-9(6-22)18(25-2)30-12)17-15(13(10)31-19(14)26-3)27-7(4-20)8(5-21)28-17/h(H2,23,31). The lowest BCUT2D eigenvalue weighted by Crippen LogP contribution is -2.02. The number of nitrogen functional groups attached to an aromatic ring is 1. The van der Waals surface area contributed by atoms with Crippen molar-refractivity contribution in [3.05, 3.63) is 51.3 Å². The number of benzene rings is 1. The Morgan fingerprint density at radius 1 is 0.613 bits per heavy atom. The topological polar surface area (TPSA) is 175 Å². The molecule has 0 amide bonds. The van der Waals surface area contributed by atoms with Crippen molar-refractivity contribution < 1.29 is 0 Å². The molecule has 31 heavy (non-hydrogen) atoms. The van der Waals surface area contributed by atoms with Crippen LogP contribution in [0.1, 0.15) is 17.1 Å². The van der Waals surface area contributed by atoms with Gasteiger partial charge in [0.05, 0.1) is 12.0 Å². The van der Waals surface area contributed by atoms with Gasteiger partial charge in [-0.1, -0.05) is 13.1 Å². The van der Waals surface area contributed by atoms with Crippen molar-refractivity contribution in [1.82, 2.24) is 24.9 Å². The molecule has 0 fully saturated rings. The minimum atomic E-state index is -0.309. The molecule has 12 heteroatoms. The summed E-state index contributed by atoms with van der Waals surface area (Å²) in [6.07, 6.45) is 0. The van der Waals surface area contributed by atoms with E-state index in [0.717, 1.165) is 0 Å². The second-order valence-corrected chi connectivity index (χ2v) is 5.80. The van der Waals surface area contributed by atoms with E-state index in [1.165, 1.54) is 0 Å². The minimum Gasteiger partial charge on any atom is -0.408 e. The molecule has 0 saturated carbocycles. The van der Waals surface area contributed by atoms with Crippen LogP contribution in [-0.4, -0.2) is 24.9 Å². The average molecular weight is 398 g/mol. The third kappa shape index (κ3) is 2.38. The van der Waals surface area contributed by atoms with Crippen molar-refractivity contribution in [2.75, 3.05) is 5.73 Å². The molecule has 4 rings (SSSR count). The van der Waals surface area contributed by atoms with Crippen LogP contribution in [-0.2, 0) is 0 Å². The third-order valence-corrected chi connectivity index (χ3v) is 4.29. The van der Waals surface area contributed by atoms with Gasteiger partial charge in [0.2, 0.25) is 5.69 Å². The number of nitrogens with zero attached hydrogens (tertiary/aromatic N) is 11. The summed E-state index contributed by atoms with van der Waals surface area (Å²) in [4.78, 5) is 30.5. The predicted molar refractivity (Wildman–Crippen MR) is 105 cm³/mol. The van der Waals surface area contributed by atoms with Crippen LogP contribution in [0, 0.1) is 53.7 Å². The Morgan fingerprint density at radius 2 is 1.06 bits per heavy atom. The van der Waals surface area contributed by atoms with Crippen LogP contribution in [0.2, 0.25) is 0 Å². The Morgan fingerprint density at radius 3 is 1.52 bits per heavy atom. The molecule has 0 saturated heterocycles. The number of anilines is 1. The molecule has 0 spiro atoms. The summed E-state index contributed by atoms with van der Waals surface area (Å²) in [5, 5.41) is 28.1. The van der Waals surface area contributed by atoms with E-state index in [9.17, 15) is 15.8 Å². The lowest BCUT2D eigenvalue weighted by Gasteiger charge is -2.09. The molecule has 138 valence electrons. The Hall–Kier alpha value is -5.95. The molecular weight excluding hydrogens is 396 g/mol. The first-order valence-electron chi connectivity index (χ1n) is 8.04. The van der Waals surface area contributed by atoms with Gasteiger partial charge in [-0.15, -0.1) is 9.97 Å². The van der Waals surface area contributed by atoms with Crippen molar-refractivity contribution in [2.45, 2.75) is 0 Å². The quantitative estimate of drug-likeness (QED) is 0.344. The zero-order valence-electron chi connectivity index (χ0n) is 15.0. The molecule has 3 heterocycles. The van der Waals surface area contributed by atoms with Crippen molar-refractivity contribution in [3.8, 4) is 18.2 Å². The molecule has 3 aromatic heterocycles. The monoisotopic (exact) mass is 398 g/mol. The van der Waals surface area contributed by atoms with Crippen molar-refractivity contribution in [1.29, 1.82) is 15.8 Å². The number of nitriles is 3. The maximum atomic E-state index is 9.35. The number of rotatable bonds is 0. The predicted octanol–water partition coefficient (Wildman–Crippen LogP) is 2.97.